The first-order valence-corrected chi connectivity index (χ1v) is 10.4. The predicted molar refractivity (Wildman–Crippen MR) is 110 cm³/mol. The summed E-state index contributed by atoms with van der Waals surface area (Å²) in [7, 11) is 0. The second-order valence-corrected chi connectivity index (χ2v) is 9.72. The Labute approximate surface area is 174 Å². The maximum Gasteiger partial charge on any atom is 0.309 e. The van der Waals surface area contributed by atoms with Crippen molar-refractivity contribution in [3.8, 4) is 6.07 Å². The van der Waals surface area contributed by atoms with Gasteiger partial charge < -0.3 is 9.47 Å². The van der Waals surface area contributed by atoms with Gasteiger partial charge in [0.1, 0.15) is 17.0 Å². The number of ether oxygens (including phenoxy) is 2. The molecule has 0 aromatic carbocycles. The molecule has 0 heterocycles. The minimum atomic E-state index is -0.447. The average Bonchev–Trinajstić information content (AvgIpc) is 2.59. The Hall–Kier alpha value is -2.16. The number of nitrogens with zero attached hydrogens (tertiary/aromatic N) is 1. The lowest BCUT2D eigenvalue weighted by molar-refractivity contribution is -0.162. The van der Waals surface area contributed by atoms with E-state index in [0.29, 0.717) is 24.8 Å². The lowest BCUT2D eigenvalue weighted by atomic mass is 9.88. The zero-order valence-electron chi connectivity index (χ0n) is 18.7. The van der Waals surface area contributed by atoms with Crippen LogP contribution in [0.4, 0.5) is 0 Å². The van der Waals surface area contributed by atoms with Crippen LogP contribution in [0.3, 0.4) is 0 Å². The van der Waals surface area contributed by atoms with Crippen LogP contribution in [0.2, 0.25) is 0 Å². The fourth-order valence-corrected chi connectivity index (χ4v) is 3.20. The Bertz CT molecular complexity index is 673. The van der Waals surface area contributed by atoms with Crippen molar-refractivity contribution < 1.29 is 23.9 Å². The molecule has 6 heteroatoms. The topological polar surface area (TPSA) is 93.5 Å². The van der Waals surface area contributed by atoms with Crippen LogP contribution in [-0.2, 0) is 23.9 Å². The van der Waals surface area contributed by atoms with Crippen LogP contribution < -0.4 is 0 Å². The van der Waals surface area contributed by atoms with Crippen LogP contribution in [0.1, 0.15) is 86.5 Å². The van der Waals surface area contributed by atoms with Gasteiger partial charge in [-0.3, -0.25) is 14.4 Å². The third kappa shape index (κ3) is 10.3. The molecule has 29 heavy (non-hydrogen) atoms. The summed E-state index contributed by atoms with van der Waals surface area (Å²) in [6, 6.07) is 2.10. The van der Waals surface area contributed by atoms with Gasteiger partial charge in [-0.2, -0.15) is 5.26 Å². The number of Topliss-reactive ketones (excluding diaryl/α,β-unsaturated/α-hetero) is 1. The van der Waals surface area contributed by atoms with E-state index in [0.717, 1.165) is 25.7 Å². The largest absolute Gasteiger partial charge is 0.460 e. The minimum Gasteiger partial charge on any atom is -0.460 e. The van der Waals surface area contributed by atoms with E-state index in [1.54, 1.807) is 0 Å². The zero-order chi connectivity index (χ0) is 22.2. The summed E-state index contributed by atoms with van der Waals surface area (Å²) < 4.78 is 10.5. The van der Waals surface area contributed by atoms with Crippen molar-refractivity contribution in [3.63, 3.8) is 0 Å². The Morgan fingerprint density at radius 2 is 1.48 bits per heavy atom. The molecule has 0 N–H and O–H groups in total. The van der Waals surface area contributed by atoms with Gasteiger partial charge in [0, 0.05) is 18.4 Å². The number of allylic oxidation sites excluding steroid dienone is 2. The number of esters is 2. The van der Waals surface area contributed by atoms with Gasteiger partial charge in [-0.1, -0.05) is 6.08 Å². The third-order valence-corrected chi connectivity index (χ3v) is 4.48. The summed E-state index contributed by atoms with van der Waals surface area (Å²) in [6.07, 6.45) is 6.64. The maximum atomic E-state index is 11.7. The molecular formula is C23H35NO5. The van der Waals surface area contributed by atoms with Gasteiger partial charge in [0.15, 0.2) is 0 Å². The number of carbonyl (C=O) groups is 3. The van der Waals surface area contributed by atoms with Gasteiger partial charge in [0.2, 0.25) is 0 Å². The van der Waals surface area contributed by atoms with Crippen LogP contribution in [0.5, 0.6) is 0 Å². The highest BCUT2D eigenvalue weighted by atomic mass is 16.6. The van der Waals surface area contributed by atoms with Crippen LogP contribution in [0.15, 0.2) is 11.6 Å². The molecule has 0 aromatic heterocycles. The summed E-state index contributed by atoms with van der Waals surface area (Å²) in [5, 5.41) is 8.75. The first-order chi connectivity index (χ1) is 13.3. The molecule has 162 valence electrons. The zero-order valence-corrected chi connectivity index (χ0v) is 18.7. The number of hydrogen-bond acceptors (Lipinski definition) is 6. The quantitative estimate of drug-likeness (QED) is 0.620. The smallest absolute Gasteiger partial charge is 0.309 e. The highest BCUT2D eigenvalue weighted by Crippen LogP contribution is 2.26. The molecular weight excluding hydrogens is 370 g/mol. The summed E-state index contributed by atoms with van der Waals surface area (Å²) in [4.78, 5) is 34.4. The first kappa shape index (κ1) is 24.9. The van der Waals surface area contributed by atoms with Crippen molar-refractivity contribution in [1.82, 2.24) is 0 Å². The summed E-state index contributed by atoms with van der Waals surface area (Å²) in [5.74, 6) is -0.541. The normalized spacial score (nSPS) is 22.4. The first-order valence-electron chi connectivity index (χ1n) is 10.4. The van der Waals surface area contributed by atoms with Crippen molar-refractivity contribution >= 4 is 17.7 Å². The van der Waals surface area contributed by atoms with E-state index in [4.69, 9.17) is 14.7 Å². The maximum absolute atomic E-state index is 11.7. The van der Waals surface area contributed by atoms with Gasteiger partial charge in [-0.05, 0) is 73.6 Å². The summed E-state index contributed by atoms with van der Waals surface area (Å²) in [5.41, 5.74) is -0.181. The van der Waals surface area contributed by atoms with Gasteiger partial charge >= 0.3 is 11.9 Å². The number of carbonyl (C=O) groups excluding carboxylic acids is 3. The lowest BCUT2D eigenvalue weighted by Crippen LogP contribution is -2.31. The molecule has 0 aromatic rings. The molecule has 1 fully saturated rings. The Morgan fingerprint density at radius 3 is 1.93 bits per heavy atom. The van der Waals surface area contributed by atoms with Gasteiger partial charge in [-0.25, -0.2) is 0 Å². The molecule has 2 aliphatic carbocycles. The second-order valence-electron chi connectivity index (χ2n) is 9.72. The Kier molecular flexibility index (Phi) is 9.07. The monoisotopic (exact) mass is 405 g/mol. The molecule has 0 saturated heterocycles. The predicted octanol–water partition coefficient (Wildman–Crippen LogP) is 4.67. The van der Waals surface area contributed by atoms with Crippen molar-refractivity contribution in [2.45, 2.75) is 97.7 Å². The number of nitriles is 1. The van der Waals surface area contributed by atoms with E-state index in [-0.39, 0.29) is 29.6 Å². The molecule has 2 aliphatic rings. The summed E-state index contributed by atoms with van der Waals surface area (Å²) in [6.45, 7) is 11.1. The fraction of sp³-hybridized carbons (Fsp3) is 0.739. The molecule has 0 aliphatic heterocycles. The third-order valence-electron chi connectivity index (χ3n) is 4.48. The molecule has 6 nitrogen and oxygen atoms in total. The standard InChI is InChI=1S/C12H17NO2.C11H18O3/c1-12(2,3)15-11(14)10-6-4-5-9(7-10)8-13;1-11(2,3)14-10(13)8-5-4-6-9(12)7-8/h5,10H,4,6-7H2,1-3H3;8H,4-7H2,1-3H3. The highest BCUT2D eigenvalue weighted by Gasteiger charge is 2.29. The van der Waals surface area contributed by atoms with Crippen molar-refractivity contribution in [2.75, 3.05) is 0 Å². The molecule has 2 atom stereocenters. The van der Waals surface area contributed by atoms with Gasteiger partial charge in [0.05, 0.1) is 17.9 Å². The van der Waals surface area contributed by atoms with Crippen molar-refractivity contribution in [1.29, 1.82) is 5.26 Å². The van der Waals surface area contributed by atoms with Crippen molar-refractivity contribution in [3.05, 3.63) is 11.6 Å². The number of rotatable bonds is 2. The molecule has 0 amide bonds. The second kappa shape index (κ2) is 10.6. The van der Waals surface area contributed by atoms with E-state index >= 15 is 0 Å². The van der Waals surface area contributed by atoms with E-state index in [2.05, 4.69) is 6.07 Å². The molecule has 0 radical (unpaired) electrons. The van der Waals surface area contributed by atoms with Crippen LogP contribution in [-0.4, -0.2) is 28.9 Å². The number of ketones is 1. The van der Waals surface area contributed by atoms with E-state index < -0.39 is 11.2 Å². The average molecular weight is 406 g/mol. The summed E-state index contributed by atoms with van der Waals surface area (Å²) >= 11 is 0. The molecule has 0 bridgehead atoms. The molecule has 0 spiro atoms. The van der Waals surface area contributed by atoms with Crippen LogP contribution in [0, 0.1) is 23.2 Å². The lowest BCUT2D eigenvalue weighted by Gasteiger charge is -2.25. The molecule has 1 saturated carbocycles. The Balaban J connectivity index is 0.000000291. The molecule has 2 rings (SSSR count). The Morgan fingerprint density at radius 1 is 0.966 bits per heavy atom. The van der Waals surface area contributed by atoms with E-state index in [1.165, 1.54) is 0 Å². The van der Waals surface area contributed by atoms with Gasteiger partial charge in [0.25, 0.3) is 0 Å². The SMILES string of the molecule is CC(C)(C)OC(=O)C1CCC=C(C#N)C1.CC(C)(C)OC(=O)C1CCCC(=O)C1. The van der Waals surface area contributed by atoms with Crippen molar-refractivity contribution in [2.24, 2.45) is 11.8 Å². The van der Waals surface area contributed by atoms with Crippen LogP contribution >= 0.6 is 0 Å². The highest BCUT2D eigenvalue weighted by molar-refractivity contribution is 5.85. The van der Waals surface area contributed by atoms with Crippen LogP contribution in [0.25, 0.3) is 0 Å². The van der Waals surface area contributed by atoms with E-state index in [9.17, 15) is 14.4 Å². The minimum absolute atomic E-state index is 0.135. The number of hydrogen-bond donors (Lipinski definition) is 0. The van der Waals surface area contributed by atoms with E-state index in [1.807, 2.05) is 47.6 Å². The fourth-order valence-electron chi connectivity index (χ4n) is 3.20. The van der Waals surface area contributed by atoms with Gasteiger partial charge in [-0.15, -0.1) is 0 Å². The molecule has 2 unspecified atom stereocenters.